The topological polar surface area (TPSA) is 67.6 Å². The zero-order valence-electron chi connectivity index (χ0n) is 14.3. The largest absolute Gasteiger partial charge is 0.321 e. The van der Waals surface area contributed by atoms with Gasteiger partial charge in [0, 0.05) is 10.9 Å². The summed E-state index contributed by atoms with van der Waals surface area (Å²) in [6.45, 7) is 0.522. The van der Waals surface area contributed by atoms with E-state index in [-0.39, 0.29) is 0 Å². The monoisotopic (exact) mass is 408 g/mol. The van der Waals surface area contributed by atoms with E-state index >= 15 is 0 Å². The van der Waals surface area contributed by atoms with E-state index in [0.29, 0.717) is 12.4 Å². The van der Waals surface area contributed by atoms with Crippen LogP contribution in [0.25, 0.3) is 11.1 Å². The number of amidine groups is 1. The lowest BCUT2D eigenvalue weighted by Gasteiger charge is -2.22. The normalized spacial score (nSPS) is 11.4. The Morgan fingerprint density at radius 1 is 0.846 bits per heavy atom. The molecular weight excluding hydrogens is 388 g/mol. The molecular formula is C21H21BrN4. The lowest BCUT2D eigenvalue weighted by Crippen LogP contribution is -2.38. The van der Waals surface area contributed by atoms with Gasteiger partial charge in [0.25, 0.3) is 0 Å². The van der Waals surface area contributed by atoms with Crippen LogP contribution in [-0.2, 0) is 11.9 Å². The molecule has 0 aliphatic rings. The van der Waals surface area contributed by atoms with Crippen LogP contribution in [0, 0.1) is 0 Å². The molecule has 5 heteroatoms. The summed E-state index contributed by atoms with van der Waals surface area (Å²) in [5.74, 6) is 12.6. The average Bonchev–Trinajstić information content (AvgIpc) is 2.70. The van der Waals surface area contributed by atoms with Gasteiger partial charge >= 0.3 is 0 Å². The third-order valence-corrected chi connectivity index (χ3v) is 4.82. The number of hydrazone groups is 1. The van der Waals surface area contributed by atoms with Gasteiger partial charge < -0.3 is 5.84 Å². The molecule has 132 valence electrons. The second kappa shape index (κ2) is 8.65. The third-order valence-electron chi connectivity index (χ3n) is 4.18. The van der Waals surface area contributed by atoms with Crippen molar-refractivity contribution < 1.29 is 0 Å². The summed E-state index contributed by atoms with van der Waals surface area (Å²) in [4.78, 5) is 0. The van der Waals surface area contributed by atoms with E-state index in [4.69, 9.17) is 11.7 Å². The maximum absolute atomic E-state index is 6.30. The van der Waals surface area contributed by atoms with Crippen LogP contribution in [0.4, 0.5) is 0 Å². The van der Waals surface area contributed by atoms with Crippen LogP contribution in [0.15, 0.2) is 84.0 Å². The standard InChI is InChI=1S/C21H21BrN4/c22-14-16-10-12-18(13-11-16)19-8-4-5-9-20(19)21(25-23)26(24)15-17-6-2-1-3-7-17/h1-13H,14-15,23-24H2/b25-21-. The van der Waals surface area contributed by atoms with Crippen molar-refractivity contribution in [2.45, 2.75) is 11.9 Å². The van der Waals surface area contributed by atoms with Gasteiger partial charge in [0.1, 0.15) is 0 Å². The van der Waals surface area contributed by atoms with Gasteiger partial charge in [-0.3, -0.25) is 5.01 Å². The Balaban J connectivity index is 1.94. The second-order valence-electron chi connectivity index (χ2n) is 5.94. The van der Waals surface area contributed by atoms with Crippen LogP contribution in [0.3, 0.4) is 0 Å². The zero-order chi connectivity index (χ0) is 18.4. The van der Waals surface area contributed by atoms with Crippen molar-refractivity contribution in [1.29, 1.82) is 0 Å². The highest BCUT2D eigenvalue weighted by Gasteiger charge is 2.15. The molecule has 0 amide bonds. The van der Waals surface area contributed by atoms with Crippen LogP contribution in [0.1, 0.15) is 16.7 Å². The molecule has 0 bridgehead atoms. The minimum Gasteiger partial charge on any atom is -0.321 e. The molecule has 3 rings (SSSR count). The number of rotatable bonds is 5. The number of halogens is 1. The molecule has 26 heavy (non-hydrogen) atoms. The fraction of sp³-hybridized carbons (Fsp3) is 0.0952. The maximum Gasteiger partial charge on any atom is 0.170 e. The lowest BCUT2D eigenvalue weighted by molar-refractivity contribution is 0.433. The first kappa shape index (κ1) is 18.2. The number of alkyl halides is 1. The van der Waals surface area contributed by atoms with Crippen LogP contribution in [-0.4, -0.2) is 10.8 Å². The van der Waals surface area contributed by atoms with Gasteiger partial charge in [-0.2, -0.15) is 5.10 Å². The van der Waals surface area contributed by atoms with E-state index in [9.17, 15) is 0 Å². The summed E-state index contributed by atoms with van der Waals surface area (Å²) < 4.78 is 0. The summed E-state index contributed by atoms with van der Waals surface area (Å²) >= 11 is 3.48. The first-order chi connectivity index (χ1) is 12.7. The number of hydrogen-bond acceptors (Lipinski definition) is 3. The fourth-order valence-electron chi connectivity index (χ4n) is 2.86. The van der Waals surface area contributed by atoms with Crippen molar-refractivity contribution in [1.82, 2.24) is 5.01 Å². The van der Waals surface area contributed by atoms with Gasteiger partial charge in [-0.1, -0.05) is 94.8 Å². The highest BCUT2D eigenvalue weighted by Crippen LogP contribution is 2.26. The molecule has 0 spiro atoms. The van der Waals surface area contributed by atoms with E-state index in [0.717, 1.165) is 27.6 Å². The highest BCUT2D eigenvalue weighted by atomic mass is 79.9. The Labute approximate surface area is 162 Å². The minimum absolute atomic E-state index is 0.522. The maximum atomic E-state index is 6.30. The molecule has 0 atom stereocenters. The van der Waals surface area contributed by atoms with E-state index in [1.807, 2.05) is 48.5 Å². The number of nitrogens with two attached hydrogens (primary N) is 2. The van der Waals surface area contributed by atoms with Gasteiger partial charge in [-0.05, 0) is 22.3 Å². The predicted octanol–water partition coefficient (Wildman–Crippen LogP) is 4.24. The molecule has 0 aromatic heterocycles. The zero-order valence-corrected chi connectivity index (χ0v) is 15.9. The van der Waals surface area contributed by atoms with Gasteiger partial charge in [-0.15, -0.1) is 0 Å². The second-order valence-corrected chi connectivity index (χ2v) is 6.50. The Bertz CT molecular complexity index is 876. The van der Waals surface area contributed by atoms with Crippen LogP contribution >= 0.6 is 15.9 Å². The Hall–Kier alpha value is -2.63. The molecule has 0 fully saturated rings. The Kier molecular flexibility index (Phi) is 6.04. The molecule has 0 aliphatic carbocycles. The quantitative estimate of drug-likeness (QED) is 0.218. The van der Waals surface area contributed by atoms with Gasteiger partial charge in [0.05, 0.1) is 6.54 Å². The van der Waals surface area contributed by atoms with Crippen molar-refractivity contribution in [2.75, 3.05) is 0 Å². The molecule has 0 saturated heterocycles. The summed E-state index contributed by atoms with van der Waals surface area (Å²) in [7, 11) is 0. The van der Waals surface area contributed by atoms with Crippen molar-refractivity contribution in [2.24, 2.45) is 16.8 Å². The third kappa shape index (κ3) is 4.12. The fourth-order valence-corrected chi connectivity index (χ4v) is 3.23. The number of benzene rings is 3. The predicted molar refractivity (Wildman–Crippen MR) is 111 cm³/mol. The molecule has 4 nitrogen and oxygen atoms in total. The molecule has 3 aromatic carbocycles. The molecule has 3 aromatic rings. The van der Waals surface area contributed by atoms with E-state index in [1.165, 1.54) is 5.56 Å². The van der Waals surface area contributed by atoms with Crippen molar-refractivity contribution >= 4 is 21.8 Å². The smallest absolute Gasteiger partial charge is 0.170 e. The van der Waals surface area contributed by atoms with Gasteiger partial charge in [0.15, 0.2) is 5.84 Å². The van der Waals surface area contributed by atoms with Crippen LogP contribution < -0.4 is 11.7 Å². The molecule has 0 heterocycles. The van der Waals surface area contributed by atoms with E-state index in [2.05, 4.69) is 51.4 Å². The Morgan fingerprint density at radius 2 is 1.50 bits per heavy atom. The SMILES string of the molecule is N/N=C(/c1ccccc1-c1ccc(CBr)cc1)N(N)Cc1ccccc1. The highest BCUT2D eigenvalue weighted by molar-refractivity contribution is 9.08. The number of nitrogens with zero attached hydrogens (tertiary/aromatic N) is 2. The van der Waals surface area contributed by atoms with Crippen molar-refractivity contribution in [3.05, 3.63) is 95.6 Å². The molecule has 0 aliphatic heterocycles. The summed E-state index contributed by atoms with van der Waals surface area (Å²) in [5, 5.41) is 6.40. The molecule has 0 unspecified atom stereocenters. The number of hydrazine groups is 1. The first-order valence-corrected chi connectivity index (χ1v) is 9.44. The van der Waals surface area contributed by atoms with Gasteiger partial charge in [0.2, 0.25) is 0 Å². The van der Waals surface area contributed by atoms with E-state index in [1.54, 1.807) is 5.01 Å². The molecule has 4 N–H and O–H groups in total. The van der Waals surface area contributed by atoms with E-state index < -0.39 is 0 Å². The van der Waals surface area contributed by atoms with Crippen LogP contribution in [0.5, 0.6) is 0 Å². The summed E-state index contributed by atoms with van der Waals surface area (Å²) in [6, 6.07) is 26.4. The molecule has 0 radical (unpaired) electrons. The van der Waals surface area contributed by atoms with Crippen molar-refractivity contribution in [3.63, 3.8) is 0 Å². The van der Waals surface area contributed by atoms with Gasteiger partial charge in [-0.25, -0.2) is 5.84 Å². The van der Waals surface area contributed by atoms with Crippen LogP contribution in [0.2, 0.25) is 0 Å². The average molecular weight is 409 g/mol. The summed E-state index contributed by atoms with van der Waals surface area (Å²) in [6.07, 6.45) is 0. The molecule has 0 saturated carbocycles. The number of hydrogen-bond donors (Lipinski definition) is 2. The Morgan fingerprint density at radius 3 is 2.15 bits per heavy atom. The summed E-state index contributed by atoms with van der Waals surface area (Å²) in [5.41, 5.74) is 5.36. The minimum atomic E-state index is 0.522. The first-order valence-electron chi connectivity index (χ1n) is 8.31. The lowest BCUT2D eigenvalue weighted by atomic mass is 9.98. The van der Waals surface area contributed by atoms with Crippen molar-refractivity contribution in [3.8, 4) is 11.1 Å².